The Morgan fingerprint density at radius 1 is 1.58 bits per heavy atom. The Morgan fingerprint density at radius 2 is 2.42 bits per heavy atom. The summed E-state index contributed by atoms with van der Waals surface area (Å²) in [6.45, 7) is 0. The molecule has 0 saturated carbocycles. The number of fused-ring (bicyclic) bond motifs is 1. The Bertz CT molecular complexity index is 404. The van der Waals surface area contributed by atoms with Crippen molar-refractivity contribution in [3.8, 4) is 0 Å². The van der Waals surface area contributed by atoms with E-state index in [9.17, 15) is 4.79 Å². The minimum Gasteiger partial charge on any atom is -0.364 e. The minimum absolute atomic E-state index is 0.309. The number of primary amides is 1. The van der Waals surface area contributed by atoms with E-state index in [1.807, 2.05) is 6.07 Å². The van der Waals surface area contributed by atoms with Crippen LogP contribution in [0.5, 0.6) is 0 Å². The quantitative estimate of drug-likeness (QED) is 0.703. The van der Waals surface area contributed by atoms with Crippen molar-refractivity contribution >= 4 is 27.6 Å². The Balaban J connectivity index is 2.70. The third kappa shape index (κ3) is 1.04. The Morgan fingerprint density at radius 3 is 3.08 bits per heavy atom. The summed E-state index contributed by atoms with van der Waals surface area (Å²) in [5, 5.41) is 0.309. The van der Waals surface area contributed by atoms with Gasteiger partial charge in [0.15, 0.2) is 10.7 Å². The number of hydrogen-bond acceptors (Lipinski definition) is 4. The van der Waals surface area contributed by atoms with Crippen LogP contribution in [0.4, 0.5) is 0 Å². The van der Waals surface area contributed by atoms with Crippen molar-refractivity contribution in [2.75, 3.05) is 0 Å². The van der Waals surface area contributed by atoms with Crippen molar-refractivity contribution in [3.63, 3.8) is 0 Å². The predicted molar refractivity (Wildman–Crippen MR) is 45.9 cm³/mol. The predicted octanol–water partition coefficient (Wildman–Crippen LogP) is 0.790. The molecule has 2 aromatic heterocycles. The fraction of sp³-hybridized carbons (Fsp3) is 0. The number of aromatic nitrogens is 2. The summed E-state index contributed by atoms with van der Waals surface area (Å²) in [5.41, 5.74) is 5.64. The van der Waals surface area contributed by atoms with Gasteiger partial charge in [-0.3, -0.25) is 4.79 Å². The zero-order chi connectivity index (χ0) is 8.55. The van der Waals surface area contributed by atoms with Gasteiger partial charge in [-0.05, 0) is 12.1 Å². The van der Waals surface area contributed by atoms with Gasteiger partial charge in [0.25, 0.3) is 5.91 Å². The summed E-state index contributed by atoms with van der Waals surface area (Å²) in [7, 11) is 0. The molecular weight excluding hydrogens is 174 g/mol. The Hall–Kier alpha value is -1.49. The summed E-state index contributed by atoms with van der Waals surface area (Å²) in [6.07, 6.45) is 1.63. The maximum absolute atomic E-state index is 10.7. The second kappa shape index (κ2) is 2.53. The van der Waals surface area contributed by atoms with E-state index < -0.39 is 5.91 Å². The molecule has 2 aromatic rings. The summed E-state index contributed by atoms with van der Waals surface area (Å²) in [6, 6.07) is 3.65. The van der Waals surface area contributed by atoms with Gasteiger partial charge >= 0.3 is 0 Å². The SMILES string of the molecule is NC(=O)c1nc2ncccc2s1. The van der Waals surface area contributed by atoms with Gasteiger partial charge in [0.2, 0.25) is 0 Å². The minimum atomic E-state index is -0.502. The van der Waals surface area contributed by atoms with Crippen molar-refractivity contribution in [3.05, 3.63) is 23.3 Å². The molecule has 5 heteroatoms. The van der Waals surface area contributed by atoms with Gasteiger partial charge in [0.05, 0.1) is 4.70 Å². The molecule has 4 nitrogen and oxygen atoms in total. The fourth-order valence-corrected chi connectivity index (χ4v) is 1.65. The van der Waals surface area contributed by atoms with Gasteiger partial charge in [0.1, 0.15) is 0 Å². The average Bonchev–Trinajstić information content (AvgIpc) is 2.46. The lowest BCUT2D eigenvalue weighted by molar-refractivity contribution is 0.1000. The molecule has 0 atom stereocenters. The second-order valence-electron chi connectivity index (χ2n) is 2.21. The van der Waals surface area contributed by atoms with Gasteiger partial charge in [-0.15, -0.1) is 11.3 Å². The molecule has 0 aliphatic rings. The molecule has 0 aliphatic heterocycles. The lowest BCUT2D eigenvalue weighted by Crippen LogP contribution is -2.09. The van der Waals surface area contributed by atoms with Gasteiger partial charge in [0, 0.05) is 6.20 Å². The van der Waals surface area contributed by atoms with Crippen molar-refractivity contribution in [1.29, 1.82) is 0 Å². The highest BCUT2D eigenvalue weighted by Crippen LogP contribution is 2.18. The summed E-state index contributed by atoms with van der Waals surface area (Å²) in [4.78, 5) is 18.6. The lowest BCUT2D eigenvalue weighted by Gasteiger charge is -1.80. The van der Waals surface area contributed by atoms with E-state index in [0.717, 1.165) is 4.70 Å². The number of amides is 1. The molecule has 0 unspecified atom stereocenters. The smallest absolute Gasteiger partial charge is 0.277 e. The van der Waals surface area contributed by atoms with Gasteiger partial charge < -0.3 is 5.73 Å². The van der Waals surface area contributed by atoms with Gasteiger partial charge in [-0.1, -0.05) is 0 Å². The van der Waals surface area contributed by atoms with E-state index in [0.29, 0.717) is 10.7 Å². The van der Waals surface area contributed by atoms with E-state index in [1.165, 1.54) is 11.3 Å². The number of rotatable bonds is 1. The number of carbonyl (C=O) groups excluding carboxylic acids is 1. The van der Waals surface area contributed by atoms with Crippen LogP contribution in [0.2, 0.25) is 0 Å². The number of nitrogens with two attached hydrogens (primary N) is 1. The first kappa shape index (κ1) is 7.17. The van der Waals surface area contributed by atoms with Crippen LogP contribution in [-0.4, -0.2) is 15.9 Å². The number of pyridine rings is 1. The van der Waals surface area contributed by atoms with Crippen LogP contribution in [0.3, 0.4) is 0 Å². The molecule has 2 rings (SSSR count). The van der Waals surface area contributed by atoms with Crippen LogP contribution in [0.25, 0.3) is 10.3 Å². The topological polar surface area (TPSA) is 68.9 Å². The van der Waals surface area contributed by atoms with Crippen molar-refractivity contribution in [2.24, 2.45) is 5.73 Å². The standard InChI is InChI=1S/C7H5N3OS/c8-5(11)7-10-6-4(12-7)2-1-3-9-6/h1-3H,(H2,8,11). The van der Waals surface area contributed by atoms with Crippen LogP contribution in [0, 0.1) is 0 Å². The first-order valence-electron chi connectivity index (χ1n) is 3.29. The molecule has 0 aromatic carbocycles. The Labute approximate surface area is 72.1 Å². The normalized spacial score (nSPS) is 10.3. The van der Waals surface area contributed by atoms with E-state index in [1.54, 1.807) is 12.3 Å². The monoisotopic (exact) mass is 179 g/mol. The molecule has 0 aliphatic carbocycles. The van der Waals surface area contributed by atoms with Crippen molar-refractivity contribution in [2.45, 2.75) is 0 Å². The fourth-order valence-electron chi connectivity index (χ4n) is 0.874. The highest BCUT2D eigenvalue weighted by Gasteiger charge is 2.07. The first-order chi connectivity index (χ1) is 5.77. The molecule has 0 radical (unpaired) electrons. The molecular formula is C7H5N3OS. The van der Waals surface area contributed by atoms with E-state index in [2.05, 4.69) is 9.97 Å². The molecule has 0 spiro atoms. The molecule has 12 heavy (non-hydrogen) atoms. The molecule has 2 N–H and O–H groups in total. The molecule has 0 saturated heterocycles. The molecule has 1 amide bonds. The molecule has 0 fully saturated rings. The summed E-state index contributed by atoms with van der Waals surface area (Å²) < 4.78 is 0.881. The largest absolute Gasteiger partial charge is 0.364 e. The van der Waals surface area contributed by atoms with Crippen LogP contribution in [0.15, 0.2) is 18.3 Å². The van der Waals surface area contributed by atoms with E-state index in [-0.39, 0.29) is 0 Å². The van der Waals surface area contributed by atoms with Crippen molar-refractivity contribution < 1.29 is 4.79 Å². The number of carbonyl (C=O) groups is 1. The number of thiazole rings is 1. The summed E-state index contributed by atoms with van der Waals surface area (Å²) >= 11 is 1.26. The highest BCUT2D eigenvalue weighted by atomic mass is 32.1. The Kier molecular flexibility index (Phi) is 1.51. The zero-order valence-corrected chi connectivity index (χ0v) is 6.84. The van der Waals surface area contributed by atoms with Crippen LogP contribution < -0.4 is 5.73 Å². The van der Waals surface area contributed by atoms with E-state index in [4.69, 9.17) is 5.73 Å². The third-order valence-corrected chi connectivity index (χ3v) is 2.40. The highest BCUT2D eigenvalue weighted by molar-refractivity contribution is 7.20. The molecule has 2 heterocycles. The summed E-state index contributed by atoms with van der Waals surface area (Å²) in [5.74, 6) is -0.502. The molecule has 60 valence electrons. The number of hydrogen-bond donors (Lipinski definition) is 1. The lowest BCUT2D eigenvalue weighted by atomic mass is 10.5. The number of nitrogens with zero attached hydrogens (tertiary/aromatic N) is 2. The average molecular weight is 179 g/mol. The van der Waals surface area contributed by atoms with Gasteiger partial charge in [-0.25, -0.2) is 9.97 Å². The maximum atomic E-state index is 10.7. The molecule has 0 bridgehead atoms. The maximum Gasteiger partial charge on any atom is 0.277 e. The van der Waals surface area contributed by atoms with Gasteiger partial charge in [-0.2, -0.15) is 0 Å². The van der Waals surface area contributed by atoms with Crippen LogP contribution >= 0.6 is 11.3 Å². The zero-order valence-electron chi connectivity index (χ0n) is 6.02. The van der Waals surface area contributed by atoms with E-state index >= 15 is 0 Å². The van der Waals surface area contributed by atoms with Crippen LogP contribution in [-0.2, 0) is 0 Å². The van der Waals surface area contributed by atoms with Crippen LogP contribution in [0.1, 0.15) is 9.80 Å². The van der Waals surface area contributed by atoms with Crippen molar-refractivity contribution in [1.82, 2.24) is 9.97 Å². The third-order valence-electron chi connectivity index (χ3n) is 1.38. The first-order valence-corrected chi connectivity index (χ1v) is 4.10. The second-order valence-corrected chi connectivity index (χ2v) is 3.24.